The van der Waals surface area contributed by atoms with Gasteiger partial charge >= 0.3 is 0 Å². The monoisotopic (exact) mass is 611 g/mol. The van der Waals surface area contributed by atoms with E-state index >= 15 is 0 Å². The molecule has 6 N–H and O–H groups in total. The maximum absolute atomic E-state index is 14.2. The molecule has 44 heavy (non-hydrogen) atoms. The normalized spacial score (nSPS) is 27.3. The van der Waals surface area contributed by atoms with E-state index < -0.39 is 69.7 Å². The van der Waals surface area contributed by atoms with Crippen molar-refractivity contribution in [1.29, 1.82) is 0 Å². The lowest BCUT2D eigenvalue weighted by Crippen LogP contribution is -2.66. The Bertz CT molecular complexity index is 1460. The van der Waals surface area contributed by atoms with Crippen molar-refractivity contribution >= 4 is 34.8 Å². The molecular weight excluding hydrogens is 570 g/mol. The van der Waals surface area contributed by atoms with Crippen LogP contribution in [0.1, 0.15) is 36.8 Å². The van der Waals surface area contributed by atoms with E-state index in [1.54, 1.807) is 39.2 Å². The van der Waals surface area contributed by atoms with Crippen molar-refractivity contribution in [2.45, 2.75) is 43.7 Å². The number of aromatic hydroxyl groups is 1. The quantitative estimate of drug-likeness (QED) is 0.187. The number of nitrogens with zero attached hydrogens (tertiary/aromatic N) is 3. The third kappa shape index (κ3) is 5.27. The summed E-state index contributed by atoms with van der Waals surface area (Å²) in [5, 5.41) is 51.2. The van der Waals surface area contributed by atoms with Gasteiger partial charge < -0.3 is 36.0 Å². The number of anilines is 1. The van der Waals surface area contributed by atoms with E-state index in [0.29, 0.717) is 5.56 Å². The lowest BCUT2D eigenvalue weighted by molar-refractivity contribution is -0.153. The molecule has 4 unspecified atom stereocenters. The van der Waals surface area contributed by atoms with Crippen LogP contribution < -0.4 is 10.6 Å². The number of piperidine rings is 1. The number of carbonyl (C=O) groups is 4. The molecule has 4 atom stereocenters. The van der Waals surface area contributed by atoms with Gasteiger partial charge in [-0.2, -0.15) is 0 Å². The first-order valence-electron chi connectivity index (χ1n) is 14.9. The molecule has 1 saturated carbocycles. The van der Waals surface area contributed by atoms with Gasteiger partial charge in [0.15, 0.2) is 11.4 Å². The summed E-state index contributed by atoms with van der Waals surface area (Å²) in [6.45, 7) is 1.73. The highest BCUT2D eigenvalue weighted by molar-refractivity contribution is 6.25. The minimum atomic E-state index is -2.68. The molecule has 2 fully saturated rings. The molecule has 1 aromatic rings. The summed E-state index contributed by atoms with van der Waals surface area (Å²) in [4.78, 5) is 58.8. The number of aliphatic hydroxyl groups is 3. The second-order valence-corrected chi connectivity index (χ2v) is 12.7. The topological polar surface area (TPSA) is 183 Å². The number of nitrogens with one attached hydrogen (secondary N) is 2. The molecule has 2 amide bonds. The third-order valence-electron chi connectivity index (χ3n) is 9.22. The molecule has 5 rings (SSSR count). The van der Waals surface area contributed by atoms with Crippen LogP contribution in [0, 0.1) is 11.8 Å². The van der Waals surface area contributed by atoms with Crippen LogP contribution in [0.25, 0.3) is 5.76 Å². The van der Waals surface area contributed by atoms with E-state index in [1.165, 1.54) is 11.0 Å². The molecule has 0 radical (unpaired) electrons. The number of phenols is 1. The number of rotatable bonds is 7. The van der Waals surface area contributed by atoms with E-state index in [1.807, 2.05) is 4.90 Å². The van der Waals surface area contributed by atoms with Crippen molar-refractivity contribution < 1.29 is 39.6 Å². The summed E-state index contributed by atoms with van der Waals surface area (Å²) in [5.74, 6) is -6.86. The number of Topliss-reactive ketones (excluding diaryl/α,β-unsaturated/α-hetero) is 2. The van der Waals surface area contributed by atoms with Gasteiger partial charge in [-0.1, -0.05) is 12.5 Å². The fourth-order valence-corrected chi connectivity index (χ4v) is 7.17. The molecule has 238 valence electrons. The van der Waals surface area contributed by atoms with Crippen LogP contribution in [-0.4, -0.2) is 125 Å². The molecule has 13 heteroatoms. The average molecular weight is 612 g/mol. The summed E-state index contributed by atoms with van der Waals surface area (Å²) in [5.41, 5.74) is -3.09. The molecule has 0 aromatic heterocycles. The Balaban J connectivity index is 1.54. The predicted octanol–water partition coefficient (Wildman–Crippen LogP) is 0.538. The Kier molecular flexibility index (Phi) is 8.60. The first-order valence-corrected chi connectivity index (χ1v) is 14.9. The third-order valence-corrected chi connectivity index (χ3v) is 9.22. The molecule has 0 spiro atoms. The highest BCUT2D eigenvalue weighted by atomic mass is 16.3. The van der Waals surface area contributed by atoms with Crippen LogP contribution in [0.3, 0.4) is 0 Å². The van der Waals surface area contributed by atoms with Crippen molar-refractivity contribution in [3.05, 3.63) is 40.2 Å². The number of ketones is 2. The van der Waals surface area contributed by atoms with Gasteiger partial charge in [-0.05, 0) is 84.5 Å². The Morgan fingerprint density at radius 3 is 2.36 bits per heavy atom. The van der Waals surface area contributed by atoms with Crippen LogP contribution in [0.4, 0.5) is 5.69 Å². The Morgan fingerprint density at radius 1 is 1.05 bits per heavy atom. The average Bonchev–Trinajstić information content (AvgIpc) is 2.95. The minimum Gasteiger partial charge on any atom is -0.508 e. The molecule has 0 bridgehead atoms. The SMILES string of the molecule is CN(C)CC(=O)Nc1ccc2c(c1O)C(O)=C1C(=O)C3(O)C(O)=C(C(=O)NCN4CCCCC4)C(=O)C(N(C)C)C3CC1C2. The van der Waals surface area contributed by atoms with Crippen molar-refractivity contribution in [1.82, 2.24) is 20.0 Å². The number of phenolic OH excluding ortho intramolecular Hbond substituents is 1. The van der Waals surface area contributed by atoms with Crippen LogP contribution >= 0.6 is 0 Å². The van der Waals surface area contributed by atoms with Crippen molar-refractivity contribution in [3.63, 3.8) is 0 Å². The number of carbonyl (C=O) groups excluding carboxylic acids is 4. The van der Waals surface area contributed by atoms with Gasteiger partial charge in [-0.3, -0.25) is 29.0 Å². The van der Waals surface area contributed by atoms with E-state index in [4.69, 9.17) is 0 Å². The number of hydrogen-bond donors (Lipinski definition) is 6. The van der Waals surface area contributed by atoms with Gasteiger partial charge in [0, 0.05) is 11.5 Å². The van der Waals surface area contributed by atoms with Gasteiger partial charge in [0.1, 0.15) is 22.8 Å². The lowest BCUT2D eigenvalue weighted by atomic mass is 9.57. The van der Waals surface area contributed by atoms with E-state index in [-0.39, 0.29) is 42.9 Å². The fourth-order valence-electron chi connectivity index (χ4n) is 7.17. The molecule has 1 aliphatic heterocycles. The second kappa shape index (κ2) is 12.0. The number of fused-ring (bicyclic) bond motifs is 3. The zero-order chi connectivity index (χ0) is 32.1. The zero-order valence-corrected chi connectivity index (χ0v) is 25.5. The van der Waals surface area contributed by atoms with Gasteiger partial charge in [-0.25, -0.2) is 0 Å². The van der Waals surface area contributed by atoms with Crippen molar-refractivity contribution in [2.24, 2.45) is 11.8 Å². The van der Waals surface area contributed by atoms with Crippen LogP contribution in [0.15, 0.2) is 29.0 Å². The molecule has 1 aromatic carbocycles. The van der Waals surface area contributed by atoms with Gasteiger partial charge in [0.05, 0.1) is 30.5 Å². The largest absolute Gasteiger partial charge is 0.508 e. The smallest absolute Gasteiger partial charge is 0.259 e. The van der Waals surface area contributed by atoms with Crippen LogP contribution in [-0.2, 0) is 25.6 Å². The second-order valence-electron chi connectivity index (χ2n) is 12.7. The maximum Gasteiger partial charge on any atom is 0.259 e. The molecule has 1 saturated heterocycles. The number of benzene rings is 1. The first kappa shape index (κ1) is 31.6. The molecule has 1 heterocycles. The van der Waals surface area contributed by atoms with Gasteiger partial charge in [0.2, 0.25) is 11.7 Å². The number of hydrogen-bond acceptors (Lipinski definition) is 11. The van der Waals surface area contributed by atoms with E-state index in [2.05, 4.69) is 10.6 Å². The Morgan fingerprint density at radius 2 is 1.73 bits per heavy atom. The molecular formula is C31H41N5O8. The highest BCUT2D eigenvalue weighted by Crippen LogP contribution is 2.53. The number of likely N-dealkylation sites (tertiary alicyclic amines) is 1. The first-order chi connectivity index (χ1) is 20.8. The summed E-state index contributed by atoms with van der Waals surface area (Å²) < 4.78 is 0. The van der Waals surface area contributed by atoms with E-state index in [0.717, 1.165) is 32.4 Å². The summed E-state index contributed by atoms with van der Waals surface area (Å²) in [7, 11) is 6.62. The van der Waals surface area contributed by atoms with E-state index in [9.17, 15) is 39.6 Å². The van der Waals surface area contributed by atoms with Crippen LogP contribution in [0.2, 0.25) is 0 Å². The van der Waals surface area contributed by atoms with Gasteiger partial charge in [-0.15, -0.1) is 0 Å². The number of amides is 2. The molecule has 13 nitrogen and oxygen atoms in total. The maximum atomic E-state index is 14.2. The van der Waals surface area contributed by atoms with Crippen molar-refractivity contribution in [3.8, 4) is 5.75 Å². The summed E-state index contributed by atoms with van der Waals surface area (Å²) in [6, 6.07) is 2.04. The lowest BCUT2D eigenvalue weighted by Gasteiger charge is -2.50. The summed E-state index contributed by atoms with van der Waals surface area (Å²) >= 11 is 0. The zero-order valence-electron chi connectivity index (χ0n) is 25.5. The standard InChI is InChI=1S/C31H41N5O8/c1-34(2)14-20(37)33-19-9-8-16-12-17-13-18-24(35(3)4)27(40)23(30(43)32-15-36-10-6-5-7-11-36)29(42)31(18,44)28(41)22(17)26(39)21(16)25(19)38/h8-9,17-18,24,38-39,42,44H,5-7,10-15H2,1-4H3,(H,32,43)(H,33,37). The fraction of sp³-hybridized carbons (Fsp3) is 0.548. The minimum absolute atomic E-state index is 0.0322. The Labute approximate surface area is 255 Å². The number of likely N-dealkylation sites (N-methyl/N-ethyl adjacent to an activating group) is 2. The highest BCUT2D eigenvalue weighted by Gasteiger charge is 2.64. The predicted molar refractivity (Wildman–Crippen MR) is 161 cm³/mol. The van der Waals surface area contributed by atoms with Crippen molar-refractivity contribution in [2.75, 3.05) is 59.8 Å². The molecule has 4 aliphatic rings. The molecule has 3 aliphatic carbocycles. The van der Waals surface area contributed by atoms with Crippen LogP contribution in [0.5, 0.6) is 5.75 Å². The van der Waals surface area contributed by atoms with Gasteiger partial charge in [0.25, 0.3) is 5.91 Å². The number of aliphatic hydroxyl groups excluding tert-OH is 2. The Hall–Kier alpha value is -3.78. The summed E-state index contributed by atoms with van der Waals surface area (Å²) in [6.07, 6.45) is 3.26.